The third-order valence-corrected chi connectivity index (χ3v) is 6.53. The number of phenolic OH excluding ortho intramolecular Hbond substituents is 1. The first-order valence-electron chi connectivity index (χ1n) is 9.57. The molecule has 0 saturated heterocycles. The van der Waals surface area contributed by atoms with Crippen molar-refractivity contribution in [1.29, 1.82) is 0 Å². The van der Waals surface area contributed by atoms with Crippen LogP contribution in [0.15, 0.2) is 83.3 Å². The number of aromatic hydroxyl groups is 1. The lowest BCUT2D eigenvalue weighted by Crippen LogP contribution is -1.85. The molecule has 144 valence electrons. The van der Waals surface area contributed by atoms with E-state index in [0.29, 0.717) is 22.7 Å². The molecule has 0 aliphatic rings. The number of phenols is 1. The van der Waals surface area contributed by atoms with E-state index < -0.39 is 0 Å². The standard InChI is InChI=1S/C25H16N2O2S/c26-19-8-5-16(12-21(19)28)25-27-20-9-6-15(13-22(20)29-25)14-7-10-24-18(11-14)17-3-1-2-4-23(17)30-24/h1-13,28H,26H2. The van der Waals surface area contributed by atoms with Crippen molar-refractivity contribution < 1.29 is 9.52 Å². The summed E-state index contributed by atoms with van der Waals surface area (Å²) in [6.45, 7) is 0. The smallest absolute Gasteiger partial charge is 0.227 e. The quantitative estimate of drug-likeness (QED) is 0.244. The molecule has 0 aliphatic heterocycles. The topological polar surface area (TPSA) is 72.3 Å². The number of hydrogen-bond donors (Lipinski definition) is 2. The highest BCUT2D eigenvalue weighted by Crippen LogP contribution is 2.37. The van der Waals surface area contributed by atoms with Crippen molar-refractivity contribution in [2.75, 3.05) is 5.73 Å². The number of oxazole rings is 1. The second kappa shape index (κ2) is 6.34. The Morgan fingerprint density at radius 2 is 1.53 bits per heavy atom. The number of nitrogens with two attached hydrogens (primary N) is 1. The Balaban J connectivity index is 1.46. The van der Waals surface area contributed by atoms with E-state index in [2.05, 4.69) is 53.5 Å². The summed E-state index contributed by atoms with van der Waals surface area (Å²) in [6, 6.07) is 26.1. The minimum atomic E-state index is 0.0201. The van der Waals surface area contributed by atoms with Crippen LogP contribution in [-0.2, 0) is 0 Å². The van der Waals surface area contributed by atoms with Gasteiger partial charge in [0.05, 0.1) is 5.69 Å². The highest BCUT2D eigenvalue weighted by atomic mass is 32.1. The van der Waals surface area contributed by atoms with Gasteiger partial charge in [0.1, 0.15) is 11.3 Å². The molecule has 3 N–H and O–H groups in total. The lowest BCUT2D eigenvalue weighted by atomic mass is 10.0. The third-order valence-electron chi connectivity index (χ3n) is 5.38. The molecule has 0 spiro atoms. The van der Waals surface area contributed by atoms with E-state index in [-0.39, 0.29) is 5.75 Å². The number of anilines is 1. The zero-order valence-corrected chi connectivity index (χ0v) is 16.6. The SMILES string of the molecule is Nc1ccc(-c2nc3ccc(-c4ccc5sc6ccccc6c5c4)cc3o2)cc1O. The fourth-order valence-corrected chi connectivity index (χ4v) is 4.90. The van der Waals surface area contributed by atoms with Crippen molar-refractivity contribution >= 4 is 48.3 Å². The lowest BCUT2D eigenvalue weighted by Gasteiger charge is -2.02. The first-order chi connectivity index (χ1) is 14.7. The molecule has 0 aliphatic carbocycles. The Hall–Kier alpha value is -3.83. The molecule has 0 atom stereocenters. The van der Waals surface area contributed by atoms with Crippen molar-refractivity contribution in [3.8, 4) is 28.3 Å². The molecular weight excluding hydrogens is 392 g/mol. The number of hydrogen-bond acceptors (Lipinski definition) is 5. The van der Waals surface area contributed by atoms with E-state index in [4.69, 9.17) is 10.2 Å². The van der Waals surface area contributed by atoms with Gasteiger partial charge < -0.3 is 15.3 Å². The number of nitrogens with zero attached hydrogens (tertiary/aromatic N) is 1. The minimum absolute atomic E-state index is 0.0201. The summed E-state index contributed by atoms with van der Waals surface area (Å²) in [5, 5.41) is 12.4. The summed E-state index contributed by atoms with van der Waals surface area (Å²) in [4.78, 5) is 4.55. The molecule has 0 unspecified atom stereocenters. The normalized spacial score (nSPS) is 11.6. The van der Waals surface area contributed by atoms with Crippen LogP contribution in [0.5, 0.6) is 5.75 Å². The molecular formula is C25H16N2O2S. The molecule has 0 fully saturated rings. The Bertz CT molecular complexity index is 1580. The summed E-state index contributed by atoms with van der Waals surface area (Å²) in [5.41, 5.74) is 10.4. The molecule has 6 rings (SSSR count). The average molecular weight is 408 g/mol. The fourth-order valence-electron chi connectivity index (χ4n) is 3.81. The van der Waals surface area contributed by atoms with Crippen molar-refractivity contribution in [3.05, 3.63) is 78.9 Å². The first kappa shape index (κ1) is 17.1. The number of benzene rings is 4. The van der Waals surface area contributed by atoms with Gasteiger partial charge >= 0.3 is 0 Å². The van der Waals surface area contributed by atoms with Crippen LogP contribution in [0.25, 0.3) is 53.9 Å². The van der Waals surface area contributed by atoms with Crippen molar-refractivity contribution in [3.63, 3.8) is 0 Å². The zero-order chi connectivity index (χ0) is 20.2. The van der Waals surface area contributed by atoms with Gasteiger partial charge in [0, 0.05) is 25.7 Å². The molecule has 6 aromatic rings. The van der Waals surface area contributed by atoms with Crippen LogP contribution < -0.4 is 5.73 Å². The number of rotatable bonds is 2. The van der Waals surface area contributed by atoms with Gasteiger partial charge in [0.15, 0.2) is 5.58 Å². The molecule has 5 heteroatoms. The largest absolute Gasteiger partial charge is 0.506 e. The highest BCUT2D eigenvalue weighted by Gasteiger charge is 2.12. The summed E-state index contributed by atoms with van der Waals surface area (Å²) < 4.78 is 8.57. The first-order valence-corrected chi connectivity index (χ1v) is 10.4. The van der Waals surface area contributed by atoms with Gasteiger partial charge in [-0.15, -0.1) is 11.3 Å². The van der Waals surface area contributed by atoms with E-state index in [1.54, 1.807) is 18.2 Å². The van der Waals surface area contributed by atoms with Gasteiger partial charge in [-0.2, -0.15) is 0 Å². The highest BCUT2D eigenvalue weighted by molar-refractivity contribution is 7.25. The van der Waals surface area contributed by atoms with Crippen LogP contribution in [0.1, 0.15) is 0 Å². The lowest BCUT2D eigenvalue weighted by molar-refractivity contribution is 0.478. The Kier molecular flexibility index (Phi) is 3.60. The van der Waals surface area contributed by atoms with Gasteiger partial charge in [-0.25, -0.2) is 4.98 Å². The van der Waals surface area contributed by atoms with E-state index >= 15 is 0 Å². The number of aromatic nitrogens is 1. The van der Waals surface area contributed by atoms with Crippen LogP contribution in [0, 0.1) is 0 Å². The van der Waals surface area contributed by atoms with E-state index in [1.807, 2.05) is 23.5 Å². The Morgan fingerprint density at radius 3 is 2.43 bits per heavy atom. The maximum atomic E-state index is 9.88. The minimum Gasteiger partial charge on any atom is -0.506 e. The summed E-state index contributed by atoms with van der Waals surface area (Å²) >= 11 is 1.81. The predicted octanol–water partition coefficient (Wildman–Crippen LogP) is 6.82. The van der Waals surface area contributed by atoms with Gasteiger partial charge in [-0.05, 0) is 59.7 Å². The van der Waals surface area contributed by atoms with Crippen LogP contribution in [0.2, 0.25) is 0 Å². The molecule has 30 heavy (non-hydrogen) atoms. The Morgan fingerprint density at radius 1 is 0.767 bits per heavy atom. The van der Waals surface area contributed by atoms with Gasteiger partial charge in [0.2, 0.25) is 5.89 Å². The van der Waals surface area contributed by atoms with Crippen molar-refractivity contribution in [2.24, 2.45) is 0 Å². The van der Waals surface area contributed by atoms with Crippen molar-refractivity contribution in [1.82, 2.24) is 4.98 Å². The third kappa shape index (κ3) is 2.64. The number of thiophene rings is 1. The van der Waals surface area contributed by atoms with Gasteiger partial charge in [-0.3, -0.25) is 0 Å². The molecule has 2 aromatic heterocycles. The zero-order valence-electron chi connectivity index (χ0n) is 15.8. The number of fused-ring (bicyclic) bond motifs is 4. The monoisotopic (exact) mass is 408 g/mol. The molecule has 4 aromatic carbocycles. The van der Waals surface area contributed by atoms with Crippen LogP contribution in [0.3, 0.4) is 0 Å². The van der Waals surface area contributed by atoms with Crippen LogP contribution >= 0.6 is 11.3 Å². The summed E-state index contributed by atoms with van der Waals surface area (Å²) in [7, 11) is 0. The molecule has 0 amide bonds. The molecule has 2 heterocycles. The van der Waals surface area contributed by atoms with Crippen LogP contribution in [-0.4, -0.2) is 10.1 Å². The van der Waals surface area contributed by atoms with Gasteiger partial charge in [-0.1, -0.05) is 30.3 Å². The Labute approximate surface area is 175 Å². The summed E-state index contributed by atoms with van der Waals surface area (Å²) in [6.07, 6.45) is 0. The van der Waals surface area contributed by atoms with E-state index in [0.717, 1.165) is 16.6 Å². The second-order valence-electron chi connectivity index (χ2n) is 7.28. The molecule has 0 bridgehead atoms. The molecule has 4 nitrogen and oxygen atoms in total. The van der Waals surface area contributed by atoms with E-state index in [9.17, 15) is 5.11 Å². The van der Waals surface area contributed by atoms with Crippen LogP contribution in [0.4, 0.5) is 5.69 Å². The second-order valence-corrected chi connectivity index (χ2v) is 8.37. The molecule has 0 radical (unpaired) electrons. The average Bonchev–Trinajstić information content (AvgIpc) is 3.36. The fraction of sp³-hybridized carbons (Fsp3) is 0. The van der Waals surface area contributed by atoms with Crippen molar-refractivity contribution in [2.45, 2.75) is 0 Å². The molecule has 0 saturated carbocycles. The predicted molar refractivity (Wildman–Crippen MR) is 124 cm³/mol. The van der Waals surface area contributed by atoms with Gasteiger partial charge in [0.25, 0.3) is 0 Å². The summed E-state index contributed by atoms with van der Waals surface area (Å²) in [5.74, 6) is 0.475. The van der Waals surface area contributed by atoms with E-state index in [1.165, 1.54) is 20.2 Å². The number of nitrogen functional groups attached to an aromatic ring is 1. The maximum absolute atomic E-state index is 9.88. The maximum Gasteiger partial charge on any atom is 0.227 e.